The molecule has 120 valence electrons. The quantitative estimate of drug-likeness (QED) is 0.704. The number of carboxylic acid groups (broad SMARTS) is 1. The van der Waals surface area contributed by atoms with Crippen LogP contribution in [-0.2, 0) is 14.3 Å². The van der Waals surface area contributed by atoms with Crippen LogP contribution in [0.3, 0.4) is 0 Å². The Hall–Kier alpha value is -1.83. The van der Waals surface area contributed by atoms with Crippen molar-refractivity contribution in [1.29, 1.82) is 0 Å². The molecule has 0 aromatic carbocycles. The molecule has 0 aliphatic carbocycles. The van der Waals surface area contributed by atoms with E-state index in [0.717, 1.165) is 0 Å². The van der Waals surface area contributed by atoms with Gasteiger partial charge in [-0.3, -0.25) is 9.59 Å². The van der Waals surface area contributed by atoms with Crippen LogP contribution in [0.5, 0.6) is 0 Å². The van der Waals surface area contributed by atoms with E-state index in [1.807, 2.05) is 0 Å². The number of urea groups is 1. The molecule has 0 spiro atoms. The molecule has 3 amide bonds. The first-order valence-corrected chi connectivity index (χ1v) is 7.11. The summed E-state index contributed by atoms with van der Waals surface area (Å²) in [6.07, 6.45) is -0.162. The monoisotopic (exact) mass is 301 g/mol. The molecule has 1 unspecified atom stereocenters. The van der Waals surface area contributed by atoms with Gasteiger partial charge in [-0.2, -0.15) is 0 Å². The van der Waals surface area contributed by atoms with Gasteiger partial charge in [0.2, 0.25) is 5.91 Å². The molecule has 1 aliphatic heterocycles. The molecule has 8 heteroatoms. The summed E-state index contributed by atoms with van der Waals surface area (Å²) in [5.41, 5.74) is 0. The minimum atomic E-state index is -0.977. The Labute approximate surface area is 124 Å². The van der Waals surface area contributed by atoms with Gasteiger partial charge in [0.05, 0.1) is 25.7 Å². The molecule has 2 N–H and O–H groups in total. The van der Waals surface area contributed by atoms with E-state index in [2.05, 4.69) is 5.32 Å². The fourth-order valence-electron chi connectivity index (χ4n) is 2.20. The number of ether oxygens (including phenoxy) is 1. The van der Waals surface area contributed by atoms with Gasteiger partial charge in [-0.1, -0.05) is 0 Å². The van der Waals surface area contributed by atoms with Gasteiger partial charge in [-0.15, -0.1) is 0 Å². The summed E-state index contributed by atoms with van der Waals surface area (Å²) in [4.78, 5) is 37.9. The molecule has 1 atom stereocenters. The summed E-state index contributed by atoms with van der Waals surface area (Å²) >= 11 is 0. The number of likely N-dealkylation sites (N-methyl/N-ethyl adjacent to an activating group) is 2. The van der Waals surface area contributed by atoms with Gasteiger partial charge in [0.1, 0.15) is 6.54 Å². The van der Waals surface area contributed by atoms with Crippen molar-refractivity contribution < 1.29 is 24.2 Å². The number of nitrogens with zero attached hydrogens (tertiary/aromatic N) is 2. The largest absolute Gasteiger partial charge is 0.481 e. The van der Waals surface area contributed by atoms with E-state index < -0.39 is 12.0 Å². The lowest BCUT2D eigenvalue weighted by Crippen LogP contribution is -2.55. The number of hydrogen-bond donors (Lipinski definition) is 2. The van der Waals surface area contributed by atoms with Crippen LogP contribution in [0.25, 0.3) is 0 Å². The second-order valence-electron chi connectivity index (χ2n) is 4.77. The van der Waals surface area contributed by atoms with E-state index in [4.69, 9.17) is 9.84 Å². The van der Waals surface area contributed by atoms with Crippen LogP contribution < -0.4 is 5.32 Å². The topological polar surface area (TPSA) is 99.2 Å². The highest BCUT2D eigenvalue weighted by molar-refractivity contribution is 5.84. The Kier molecular flexibility index (Phi) is 6.93. The van der Waals surface area contributed by atoms with Crippen molar-refractivity contribution in [1.82, 2.24) is 15.1 Å². The van der Waals surface area contributed by atoms with Crippen molar-refractivity contribution in [3.05, 3.63) is 0 Å². The molecular formula is C13H23N3O5. The summed E-state index contributed by atoms with van der Waals surface area (Å²) in [6.45, 7) is 5.36. The van der Waals surface area contributed by atoms with Gasteiger partial charge in [-0.25, -0.2) is 4.79 Å². The number of morpholine rings is 1. The number of amides is 3. The first kappa shape index (κ1) is 17.2. The smallest absolute Gasteiger partial charge is 0.320 e. The number of nitrogens with one attached hydrogen (secondary N) is 1. The molecule has 0 bridgehead atoms. The zero-order valence-electron chi connectivity index (χ0n) is 12.5. The van der Waals surface area contributed by atoms with E-state index >= 15 is 0 Å². The molecule has 0 aromatic heterocycles. The third-order valence-electron chi connectivity index (χ3n) is 3.24. The predicted octanol–water partition coefficient (Wildman–Crippen LogP) is -0.260. The highest BCUT2D eigenvalue weighted by Gasteiger charge is 2.32. The minimum Gasteiger partial charge on any atom is -0.481 e. The first-order valence-electron chi connectivity index (χ1n) is 7.11. The van der Waals surface area contributed by atoms with Crippen molar-refractivity contribution in [3.63, 3.8) is 0 Å². The van der Waals surface area contributed by atoms with Crippen LogP contribution in [0, 0.1) is 0 Å². The molecule has 1 heterocycles. The molecule has 0 radical (unpaired) electrons. The van der Waals surface area contributed by atoms with E-state index in [1.54, 1.807) is 13.8 Å². The zero-order chi connectivity index (χ0) is 15.8. The lowest BCUT2D eigenvalue weighted by Gasteiger charge is -2.37. The van der Waals surface area contributed by atoms with Gasteiger partial charge in [0, 0.05) is 19.6 Å². The van der Waals surface area contributed by atoms with Crippen LogP contribution in [0.15, 0.2) is 0 Å². The van der Waals surface area contributed by atoms with Crippen LogP contribution in [0.1, 0.15) is 20.3 Å². The lowest BCUT2D eigenvalue weighted by atomic mass is 10.1. The summed E-state index contributed by atoms with van der Waals surface area (Å²) < 4.78 is 5.24. The molecule has 8 nitrogen and oxygen atoms in total. The fourth-order valence-corrected chi connectivity index (χ4v) is 2.20. The predicted molar refractivity (Wildman–Crippen MR) is 74.9 cm³/mol. The molecule has 1 aliphatic rings. The summed E-state index contributed by atoms with van der Waals surface area (Å²) in [5, 5.41) is 11.5. The second kappa shape index (κ2) is 8.46. The molecule has 1 saturated heterocycles. The first-order chi connectivity index (χ1) is 9.99. The Morgan fingerprint density at radius 1 is 1.38 bits per heavy atom. The molecule has 1 fully saturated rings. The second-order valence-corrected chi connectivity index (χ2v) is 4.77. The average molecular weight is 301 g/mol. The minimum absolute atomic E-state index is 0.0275. The van der Waals surface area contributed by atoms with Crippen LogP contribution in [-0.4, -0.2) is 78.2 Å². The van der Waals surface area contributed by atoms with Gasteiger partial charge in [-0.05, 0) is 13.8 Å². The normalized spacial score (nSPS) is 18.2. The van der Waals surface area contributed by atoms with Gasteiger partial charge >= 0.3 is 12.0 Å². The standard InChI is InChI=1S/C13H23N3O5/c1-3-14-11(17)8-15(4-2)13(20)16-5-6-21-9-10(16)7-12(18)19/h10H,3-9H2,1-2H3,(H,14,17)(H,18,19). The van der Waals surface area contributed by atoms with E-state index in [1.165, 1.54) is 9.80 Å². The van der Waals surface area contributed by atoms with Crippen molar-refractivity contribution in [2.24, 2.45) is 0 Å². The molecule has 21 heavy (non-hydrogen) atoms. The van der Waals surface area contributed by atoms with Gasteiger partial charge < -0.3 is 25.0 Å². The number of rotatable bonds is 6. The maximum Gasteiger partial charge on any atom is 0.320 e. The van der Waals surface area contributed by atoms with Crippen molar-refractivity contribution in [3.8, 4) is 0 Å². The maximum absolute atomic E-state index is 12.5. The molecule has 0 saturated carbocycles. The zero-order valence-corrected chi connectivity index (χ0v) is 12.5. The van der Waals surface area contributed by atoms with Crippen molar-refractivity contribution in [2.75, 3.05) is 39.4 Å². The molecular weight excluding hydrogens is 278 g/mol. The van der Waals surface area contributed by atoms with Crippen molar-refractivity contribution >= 4 is 17.9 Å². The number of hydrogen-bond acceptors (Lipinski definition) is 4. The summed E-state index contributed by atoms with van der Waals surface area (Å²) in [7, 11) is 0. The maximum atomic E-state index is 12.5. The highest BCUT2D eigenvalue weighted by atomic mass is 16.5. The van der Waals surface area contributed by atoms with E-state index in [0.29, 0.717) is 26.2 Å². The fraction of sp³-hybridized carbons (Fsp3) is 0.769. The summed E-state index contributed by atoms with van der Waals surface area (Å²) in [6, 6.07) is -0.815. The SMILES string of the molecule is CCNC(=O)CN(CC)C(=O)N1CCOCC1CC(=O)O. The van der Waals surface area contributed by atoms with Crippen molar-refractivity contribution in [2.45, 2.75) is 26.3 Å². The number of aliphatic carboxylic acids is 1. The number of carbonyl (C=O) groups excluding carboxylic acids is 2. The highest BCUT2D eigenvalue weighted by Crippen LogP contribution is 2.13. The lowest BCUT2D eigenvalue weighted by molar-refractivity contribution is -0.139. The van der Waals surface area contributed by atoms with Gasteiger partial charge in [0.25, 0.3) is 0 Å². The number of carbonyl (C=O) groups is 3. The number of carboxylic acids is 1. The van der Waals surface area contributed by atoms with Crippen LogP contribution in [0.4, 0.5) is 4.79 Å². The third kappa shape index (κ3) is 5.22. The Morgan fingerprint density at radius 2 is 2.10 bits per heavy atom. The Bertz CT molecular complexity index is 388. The molecule has 1 rings (SSSR count). The summed E-state index contributed by atoms with van der Waals surface area (Å²) in [5.74, 6) is -1.20. The average Bonchev–Trinajstić information content (AvgIpc) is 2.44. The van der Waals surface area contributed by atoms with Gasteiger partial charge in [0.15, 0.2) is 0 Å². The Balaban J connectivity index is 2.71. The van der Waals surface area contributed by atoms with E-state index in [-0.39, 0.29) is 31.5 Å². The van der Waals surface area contributed by atoms with E-state index in [9.17, 15) is 14.4 Å². The van der Waals surface area contributed by atoms with Crippen LogP contribution in [0.2, 0.25) is 0 Å². The Morgan fingerprint density at radius 3 is 2.67 bits per heavy atom. The molecule has 0 aromatic rings. The van der Waals surface area contributed by atoms with Crippen LogP contribution >= 0.6 is 0 Å². The third-order valence-corrected chi connectivity index (χ3v) is 3.24.